The van der Waals surface area contributed by atoms with Gasteiger partial charge in [-0.15, -0.1) is 0 Å². The highest BCUT2D eigenvalue weighted by molar-refractivity contribution is 6.05. The van der Waals surface area contributed by atoms with Crippen molar-refractivity contribution < 1.29 is 4.79 Å². The molecule has 1 N–H and O–H groups in total. The van der Waals surface area contributed by atoms with Crippen molar-refractivity contribution in [3.8, 4) is 11.4 Å². The average Bonchev–Trinajstić information content (AvgIpc) is 3.33. The van der Waals surface area contributed by atoms with Gasteiger partial charge >= 0.3 is 0 Å². The fraction of sp³-hybridized carbons (Fsp3) is 0.0526. The fourth-order valence-corrected chi connectivity index (χ4v) is 2.76. The third-order valence-electron chi connectivity index (χ3n) is 4.07. The van der Waals surface area contributed by atoms with Crippen LogP contribution in [0.3, 0.4) is 0 Å². The summed E-state index contributed by atoms with van der Waals surface area (Å²) in [5.41, 5.74) is 3.59. The molecule has 26 heavy (non-hydrogen) atoms. The zero-order valence-corrected chi connectivity index (χ0v) is 14.1. The van der Waals surface area contributed by atoms with Gasteiger partial charge in [-0.25, -0.2) is 14.3 Å². The minimum Gasteiger partial charge on any atom is -0.320 e. The summed E-state index contributed by atoms with van der Waals surface area (Å²) in [6.45, 7) is 1.87. The Morgan fingerprint density at radius 2 is 1.77 bits per heavy atom. The van der Waals surface area contributed by atoms with Crippen LogP contribution in [0.4, 0.5) is 5.69 Å². The van der Waals surface area contributed by atoms with Gasteiger partial charge in [-0.3, -0.25) is 4.79 Å². The van der Waals surface area contributed by atoms with Crippen LogP contribution < -0.4 is 5.32 Å². The number of aromatic nitrogens is 5. The van der Waals surface area contributed by atoms with E-state index in [9.17, 15) is 4.79 Å². The molecule has 4 rings (SSSR count). The number of hydrogen-bond donors (Lipinski definition) is 1. The number of amides is 1. The van der Waals surface area contributed by atoms with Crippen LogP contribution in [-0.4, -0.2) is 30.5 Å². The van der Waals surface area contributed by atoms with Gasteiger partial charge in [-0.2, -0.15) is 10.2 Å². The molecule has 0 fully saturated rings. The van der Waals surface area contributed by atoms with E-state index in [4.69, 9.17) is 0 Å². The van der Waals surface area contributed by atoms with Crippen molar-refractivity contribution in [1.29, 1.82) is 0 Å². The molecule has 2 aromatic heterocycles. The van der Waals surface area contributed by atoms with Gasteiger partial charge in [0.1, 0.15) is 12.7 Å². The Bertz CT molecular complexity index is 1040. The number of carbonyl (C=O) groups excluding carboxylic acids is 1. The Morgan fingerprint density at radius 1 is 1.00 bits per heavy atom. The Morgan fingerprint density at radius 3 is 2.54 bits per heavy atom. The van der Waals surface area contributed by atoms with Crippen LogP contribution in [0.15, 0.2) is 73.4 Å². The highest BCUT2D eigenvalue weighted by atomic mass is 16.1. The summed E-state index contributed by atoms with van der Waals surface area (Å²) in [5, 5.41) is 11.4. The second-order valence-corrected chi connectivity index (χ2v) is 5.70. The van der Waals surface area contributed by atoms with E-state index in [1.807, 2.05) is 61.5 Å². The van der Waals surface area contributed by atoms with Gasteiger partial charge in [0, 0.05) is 0 Å². The number of rotatable bonds is 4. The molecule has 2 heterocycles. The van der Waals surface area contributed by atoms with Gasteiger partial charge < -0.3 is 5.32 Å². The Kier molecular flexibility index (Phi) is 4.03. The Labute approximate surface area is 149 Å². The van der Waals surface area contributed by atoms with E-state index in [0.29, 0.717) is 11.3 Å². The smallest absolute Gasteiger partial charge is 0.259 e. The van der Waals surface area contributed by atoms with E-state index in [1.54, 1.807) is 21.9 Å². The Balaban J connectivity index is 1.64. The molecule has 4 aromatic rings. The summed E-state index contributed by atoms with van der Waals surface area (Å²) >= 11 is 0. The summed E-state index contributed by atoms with van der Waals surface area (Å²) in [7, 11) is 0. The van der Waals surface area contributed by atoms with Gasteiger partial charge in [-0.05, 0) is 31.2 Å². The summed E-state index contributed by atoms with van der Waals surface area (Å²) in [6, 6.07) is 17.1. The lowest BCUT2D eigenvalue weighted by atomic mass is 10.2. The number of carbonyl (C=O) groups is 1. The maximum Gasteiger partial charge on any atom is 0.259 e. The van der Waals surface area contributed by atoms with E-state index >= 15 is 0 Å². The van der Waals surface area contributed by atoms with Crippen LogP contribution in [0.5, 0.6) is 0 Å². The van der Waals surface area contributed by atoms with Gasteiger partial charge in [0.25, 0.3) is 5.91 Å². The number of nitrogens with zero attached hydrogens (tertiary/aromatic N) is 5. The van der Waals surface area contributed by atoms with Gasteiger partial charge in [-0.1, -0.05) is 30.3 Å². The Hall–Kier alpha value is -3.74. The van der Waals surface area contributed by atoms with Crippen LogP contribution in [0.2, 0.25) is 0 Å². The number of hydrogen-bond acceptors (Lipinski definition) is 4. The molecule has 0 aliphatic heterocycles. The third-order valence-corrected chi connectivity index (χ3v) is 4.07. The lowest BCUT2D eigenvalue weighted by Crippen LogP contribution is -2.15. The summed E-state index contributed by atoms with van der Waals surface area (Å²) in [6.07, 6.45) is 4.62. The van der Waals surface area contributed by atoms with Crippen LogP contribution in [0.1, 0.15) is 16.1 Å². The number of para-hydroxylation sites is 3. The molecule has 7 nitrogen and oxygen atoms in total. The zero-order chi connectivity index (χ0) is 17.9. The van der Waals surface area contributed by atoms with Crippen LogP contribution >= 0.6 is 0 Å². The van der Waals surface area contributed by atoms with E-state index in [1.165, 1.54) is 6.33 Å². The van der Waals surface area contributed by atoms with Crippen LogP contribution in [-0.2, 0) is 0 Å². The monoisotopic (exact) mass is 344 g/mol. The molecule has 0 spiro atoms. The zero-order valence-electron chi connectivity index (χ0n) is 14.1. The standard InChI is InChI=1S/C19H16N6O/c1-14-16(11-21-25(14)15-7-3-2-4-8-15)19(26)23-17-9-5-6-10-18(17)24-13-20-12-22-24/h2-13H,1H3,(H,23,26). The predicted octanol–water partition coefficient (Wildman–Crippen LogP) is 3.01. The van der Waals surface area contributed by atoms with E-state index in [-0.39, 0.29) is 5.91 Å². The quantitative estimate of drug-likeness (QED) is 0.617. The molecular weight excluding hydrogens is 328 g/mol. The van der Waals surface area contributed by atoms with E-state index in [2.05, 4.69) is 20.5 Å². The molecule has 0 aliphatic rings. The molecule has 2 aromatic carbocycles. The first kappa shape index (κ1) is 15.8. The maximum absolute atomic E-state index is 12.8. The van der Waals surface area contributed by atoms with E-state index in [0.717, 1.165) is 17.1 Å². The molecule has 0 saturated carbocycles. The normalized spacial score (nSPS) is 10.7. The SMILES string of the molecule is Cc1c(C(=O)Nc2ccccc2-n2cncn2)cnn1-c1ccccc1. The van der Waals surface area contributed by atoms with Crippen molar-refractivity contribution in [3.63, 3.8) is 0 Å². The van der Waals surface area contributed by atoms with Crippen molar-refractivity contribution >= 4 is 11.6 Å². The molecular formula is C19H16N6O. The third kappa shape index (κ3) is 2.86. The molecule has 0 radical (unpaired) electrons. The van der Waals surface area contributed by atoms with Crippen molar-refractivity contribution in [1.82, 2.24) is 24.5 Å². The van der Waals surface area contributed by atoms with Crippen molar-refractivity contribution in [2.24, 2.45) is 0 Å². The maximum atomic E-state index is 12.8. The van der Waals surface area contributed by atoms with Crippen LogP contribution in [0.25, 0.3) is 11.4 Å². The minimum absolute atomic E-state index is 0.225. The van der Waals surface area contributed by atoms with Gasteiger partial charge in [0.2, 0.25) is 0 Å². The largest absolute Gasteiger partial charge is 0.320 e. The first-order valence-electron chi connectivity index (χ1n) is 8.09. The molecule has 0 unspecified atom stereocenters. The van der Waals surface area contributed by atoms with Gasteiger partial charge in [0.05, 0.1) is 34.5 Å². The lowest BCUT2D eigenvalue weighted by molar-refractivity contribution is 0.102. The second kappa shape index (κ2) is 6.64. The summed E-state index contributed by atoms with van der Waals surface area (Å²) in [5.74, 6) is -0.225. The predicted molar refractivity (Wildman–Crippen MR) is 97.6 cm³/mol. The van der Waals surface area contributed by atoms with E-state index < -0.39 is 0 Å². The summed E-state index contributed by atoms with van der Waals surface area (Å²) in [4.78, 5) is 16.7. The molecule has 1 amide bonds. The molecule has 0 aliphatic carbocycles. The van der Waals surface area contributed by atoms with Crippen molar-refractivity contribution in [2.75, 3.05) is 5.32 Å². The topological polar surface area (TPSA) is 77.6 Å². The molecule has 0 atom stereocenters. The average molecular weight is 344 g/mol. The van der Waals surface area contributed by atoms with Crippen molar-refractivity contribution in [2.45, 2.75) is 6.92 Å². The molecule has 7 heteroatoms. The number of anilines is 1. The minimum atomic E-state index is -0.225. The highest BCUT2D eigenvalue weighted by Crippen LogP contribution is 2.21. The summed E-state index contributed by atoms with van der Waals surface area (Å²) < 4.78 is 3.36. The number of benzene rings is 2. The fourth-order valence-electron chi connectivity index (χ4n) is 2.76. The van der Waals surface area contributed by atoms with Gasteiger partial charge in [0.15, 0.2) is 0 Å². The number of nitrogens with one attached hydrogen (secondary N) is 1. The van der Waals surface area contributed by atoms with Crippen LogP contribution in [0, 0.1) is 6.92 Å². The first-order valence-corrected chi connectivity index (χ1v) is 8.09. The lowest BCUT2D eigenvalue weighted by Gasteiger charge is -2.10. The molecule has 0 bridgehead atoms. The molecule has 0 saturated heterocycles. The molecule has 128 valence electrons. The first-order chi connectivity index (χ1) is 12.7. The highest BCUT2D eigenvalue weighted by Gasteiger charge is 2.17. The second-order valence-electron chi connectivity index (χ2n) is 5.70. The van der Waals surface area contributed by atoms with Crippen molar-refractivity contribution in [3.05, 3.63) is 84.7 Å².